The van der Waals surface area contributed by atoms with Crippen LogP contribution in [0.3, 0.4) is 0 Å². The van der Waals surface area contributed by atoms with Crippen molar-refractivity contribution in [3.63, 3.8) is 0 Å². The molecule has 1 saturated heterocycles. The maximum absolute atomic E-state index is 13.2. The highest BCUT2D eigenvalue weighted by Gasteiger charge is 2.25. The van der Waals surface area contributed by atoms with E-state index < -0.39 is 0 Å². The Morgan fingerprint density at radius 1 is 1.11 bits per heavy atom. The van der Waals surface area contributed by atoms with Crippen LogP contribution >= 0.6 is 0 Å². The lowest BCUT2D eigenvalue weighted by Crippen LogP contribution is -2.40. The predicted molar refractivity (Wildman–Crippen MR) is 139 cm³/mol. The zero-order chi connectivity index (χ0) is 26.2. The summed E-state index contributed by atoms with van der Waals surface area (Å²) in [6, 6.07) is 7.16. The first kappa shape index (κ1) is 23.5. The molecule has 0 spiro atoms. The van der Waals surface area contributed by atoms with Gasteiger partial charge in [0.25, 0.3) is 5.91 Å². The molecule has 1 fully saturated rings. The summed E-state index contributed by atoms with van der Waals surface area (Å²) in [5.41, 5.74) is 3.82. The highest BCUT2D eigenvalue weighted by atomic mass is 16.5. The predicted octanol–water partition coefficient (Wildman–Crippen LogP) is 1.97. The van der Waals surface area contributed by atoms with E-state index in [0.29, 0.717) is 77.8 Å². The molecule has 13 heteroatoms. The number of fused-ring (bicyclic) bond motifs is 2. The maximum Gasteiger partial charge on any atom is 0.256 e. The molecular weight excluding hydrogens is 488 g/mol. The van der Waals surface area contributed by atoms with E-state index in [1.54, 1.807) is 42.5 Å². The van der Waals surface area contributed by atoms with Crippen LogP contribution in [0, 0.1) is 0 Å². The average molecular weight is 513 g/mol. The zero-order valence-corrected chi connectivity index (χ0v) is 20.5. The van der Waals surface area contributed by atoms with Crippen LogP contribution in [0.25, 0.3) is 44.8 Å². The molecule has 0 aliphatic carbocycles. The molecule has 1 aliphatic rings. The average Bonchev–Trinajstić information content (AvgIpc) is 3.53. The van der Waals surface area contributed by atoms with Crippen LogP contribution in [0.15, 0.2) is 42.9 Å². The number of aromatic nitrogens is 7. The van der Waals surface area contributed by atoms with Crippen molar-refractivity contribution in [2.45, 2.75) is 13.3 Å². The van der Waals surface area contributed by atoms with Crippen molar-refractivity contribution in [1.29, 1.82) is 0 Å². The van der Waals surface area contributed by atoms with Gasteiger partial charge in [0.2, 0.25) is 5.91 Å². The lowest BCUT2D eigenvalue weighted by molar-refractivity contribution is -0.115. The summed E-state index contributed by atoms with van der Waals surface area (Å²) in [7, 11) is 0. The Bertz CT molecular complexity index is 1670. The smallest absolute Gasteiger partial charge is 0.256 e. The van der Waals surface area contributed by atoms with E-state index in [-0.39, 0.29) is 11.8 Å². The first-order chi connectivity index (χ1) is 18.5. The van der Waals surface area contributed by atoms with Crippen molar-refractivity contribution in [1.82, 2.24) is 39.7 Å². The topological polar surface area (TPSA) is 170 Å². The number of nitrogens with two attached hydrogens (primary N) is 1. The summed E-state index contributed by atoms with van der Waals surface area (Å²) < 4.78 is 6.72. The number of nitrogens with one attached hydrogen (secondary N) is 2. The number of rotatable bonds is 5. The molecule has 5 aromatic heterocycles. The Balaban J connectivity index is 1.38. The van der Waals surface area contributed by atoms with Crippen LogP contribution in [-0.2, 0) is 9.53 Å². The zero-order valence-electron chi connectivity index (χ0n) is 20.5. The van der Waals surface area contributed by atoms with E-state index in [1.807, 2.05) is 12.1 Å². The summed E-state index contributed by atoms with van der Waals surface area (Å²) in [5.74, 6) is 7.01. The number of ether oxygens (including phenoxy) is 1. The van der Waals surface area contributed by atoms with Crippen LogP contribution < -0.4 is 11.2 Å². The fraction of sp³-hybridized carbons (Fsp3) is 0.240. The second-order valence-electron chi connectivity index (χ2n) is 8.77. The van der Waals surface area contributed by atoms with Crippen LogP contribution in [-0.4, -0.2) is 77.8 Å². The van der Waals surface area contributed by atoms with E-state index >= 15 is 0 Å². The van der Waals surface area contributed by atoms with Gasteiger partial charge in [0.15, 0.2) is 17.1 Å². The van der Waals surface area contributed by atoms with E-state index in [0.717, 1.165) is 11.1 Å². The second kappa shape index (κ2) is 9.52. The minimum Gasteiger partial charge on any atom is -0.378 e. The lowest BCUT2D eigenvalue weighted by atomic mass is 10.1. The highest BCUT2D eigenvalue weighted by molar-refractivity contribution is 6.05. The van der Waals surface area contributed by atoms with Gasteiger partial charge in [-0.3, -0.25) is 14.7 Å². The lowest BCUT2D eigenvalue weighted by Gasteiger charge is -2.26. The van der Waals surface area contributed by atoms with Gasteiger partial charge >= 0.3 is 0 Å². The normalized spacial score (nSPS) is 13.8. The van der Waals surface area contributed by atoms with Crippen molar-refractivity contribution < 1.29 is 14.3 Å². The van der Waals surface area contributed by atoms with Crippen molar-refractivity contribution in [3.05, 3.63) is 48.4 Å². The summed E-state index contributed by atoms with van der Waals surface area (Å²) in [5, 5.41) is 10.7. The third-order valence-corrected chi connectivity index (χ3v) is 6.43. The Morgan fingerprint density at radius 2 is 1.92 bits per heavy atom. The minimum absolute atomic E-state index is 0.106. The largest absolute Gasteiger partial charge is 0.378 e. The Hall–Kier alpha value is -4.91. The fourth-order valence-electron chi connectivity index (χ4n) is 4.37. The van der Waals surface area contributed by atoms with E-state index in [9.17, 15) is 9.59 Å². The number of nitrogens with zero attached hydrogens (tertiary/aromatic N) is 7. The Labute approximate surface area is 216 Å². The Morgan fingerprint density at radius 3 is 2.68 bits per heavy atom. The number of carbonyl (C=O) groups is 2. The molecule has 0 radical (unpaired) electrons. The summed E-state index contributed by atoms with van der Waals surface area (Å²) in [4.78, 5) is 44.5. The summed E-state index contributed by atoms with van der Waals surface area (Å²) >= 11 is 0. The molecule has 192 valence electrons. The van der Waals surface area contributed by atoms with Gasteiger partial charge in [0.1, 0.15) is 17.0 Å². The number of pyridine rings is 3. The minimum atomic E-state index is -0.144. The SMILES string of the molecule is CCC(=O)Nc1ccc(-c2cnc3n[nH]c(-c4nc5c(C(=O)N6CCOCC6)ccnc5n4N)c3c2)cn1. The molecule has 0 unspecified atom stereocenters. The quantitative estimate of drug-likeness (QED) is 0.298. The number of aromatic amines is 1. The standard InChI is InChI=1S/C25H24N10O3/c1-2-19(36)30-18-4-3-14(12-28-18)15-11-17-21(32-33-22(17)29-13-15)24-31-20-16(5-6-27-23(20)35(24)26)25(37)34-7-9-38-10-8-34/h3-6,11-13H,2,7-10,26H2,1H3,(H,28,30,36)(H,29,32,33). The molecule has 0 atom stereocenters. The number of amides is 2. The van der Waals surface area contributed by atoms with Gasteiger partial charge in [0.05, 0.1) is 24.2 Å². The number of nitrogen functional groups attached to an aromatic ring is 1. The molecular formula is C25H24N10O3. The third kappa shape index (κ3) is 4.08. The molecule has 2 amide bonds. The maximum atomic E-state index is 13.2. The molecule has 0 saturated carbocycles. The van der Waals surface area contributed by atoms with Crippen molar-refractivity contribution in [2.75, 3.05) is 37.5 Å². The van der Waals surface area contributed by atoms with Crippen LogP contribution in [0.5, 0.6) is 0 Å². The molecule has 6 heterocycles. The molecule has 13 nitrogen and oxygen atoms in total. The molecule has 4 N–H and O–H groups in total. The first-order valence-electron chi connectivity index (χ1n) is 12.1. The van der Waals surface area contributed by atoms with E-state index in [4.69, 9.17) is 15.6 Å². The van der Waals surface area contributed by atoms with Crippen molar-refractivity contribution >= 4 is 39.8 Å². The van der Waals surface area contributed by atoms with Crippen LogP contribution in [0.1, 0.15) is 23.7 Å². The number of H-pyrrole nitrogens is 1. The molecule has 1 aliphatic heterocycles. The highest BCUT2D eigenvalue weighted by Crippen LogP contribution is 2.30. The number of anilines is 1. The first-order valence-corrected chi connectivity index (χ1v) is 12.1. The third-order valence-electron chi connectivity index (χ3n) is 6.43. The number of carbonyl (C=O) groups excluding carboxylic acids is 2. The monoisotopic (exact) mass is 512 g/mol. The summed E-state index contributed by atoms with van der Waals surface area (Å²) in [6.45, 7) is 3.80. The van der Waals surface area contributed by atoms with Crippen LogP contribution in [0.2, 0.25) is 0 Å². The van der Waals surface area contributed by atoms with Gasteiger partial charge in [-0.25, -0.2) is 24.6 Å². The van der Waals surface area contributed by atoms with Gasteiger partial charge in [-0.15, -0.1) is 0 Å². The number of hydrogen-bond donors (Lipinski definition) is 3. The number of imidazole rings is 1. The van der Waals surface area contributed by atoms with Gasteiger partial charge in [-0.05, 0) is 24.3 Å². The van der Waals surface area contributed by atoms with E-state index in [2.05, 4.69) is 30.5 Å². The van der Waals surface area contributed by atoms with E-state index in [1.165, 1.54) is 4.68 Å². The van der Waals surface area contributed by atoms with Gasteiger partial charge in [0, 0.05) is 49.2 Å². The van der Waals surface area contributed by atoms with Crippen molar-refractivity contribution in [2.24, 2.45) is 0 Å². The Kier molecular flexibility index (Phi) is 5.88. The number of morpholine rings is 1. The molecule has 0 aromatic carbocycles. The molecule has 5 aromatic rings. The second-order valence-corrected chi connectivity index (χ2v) is 8.77. The fourth-order valence-corrected chi connectivity index (χ4v) is 4.37. The van der Waals surface area contributed by atoms with Crippen molar-refractivity contribution in [3.8, 4) is 22.6 Å². The van der Waals surface area contributed by atoms with Gasteiger partial charge in [-0.1, -0.05) is 6.92 Å². The molecule has 38 heavy (non-hydrogen) atoms. The number of hydrogen-bond acceptors (Lipinski definition) is 9. The molecule has 6 rings (SSSR count). The molecule has 0 bridgehead atoms. The van der Waals surface area contributed by atoms with Gasteiger partial charge in [-0.2, -0.15) is 5.10 Å². The summed E-state index contributed by atoms with van der Waals surface area (Å²) in [6.07, 6.45) is 5.28. The van der Waals surface area contributed by atoms with Gasteiger partial charge < -0.3 is 20.8 Å². The van der Waals surface area contributed by atoms with Crippen LogP contribution in [0.4, 0.5) is 5.82 Å².